The quantitative estimate of drug-likeness (QED) is 0.181. The summed E-state index contributed by atoms with van der Waals surface area (Å²) in [6, 6.07) is 30.2. The number of fused-ring (bicyclic) bond motifs is 1. The van der Waals surface area contributed by atoms with E-state index in [1.807, 2.05) is 48.5 Å². The van der Waals surface area contributed by atoms with Crippen molar-refractivity contribution in [3.05, 3.63) is 173 Å². The molecule has 63 heavy (non-hydrogen) atoms. The molecule has 0 saturated heterocycles. The lowest BCUT2D eigenvalue weighted by Crippen LogP contribution is -2.17. The van der Waals surface area contributed by atoms with Gasteiger partial charge in [0.2, 0.25) is 0 Å². The highest BCUT2D eigenvalue weighted by molar-refractivity contribution is 5.98. The minimum Gasteiger partial charge on any atom is -0.507 e. The molecule has 0 amide bonds. The van der Waals surface area contributed by atoms with Gasteiger partial charge < -0.3 is 5.11 Å². The van der Waals surface area contributed by atoms with Gasteiger partial charge in [-0.1, -0.05) is 198 Å². The van der Waals surface area contributed by atoms with Crippen LogP contribution in [0.15, 0.2) is 145 Å². The Morgan fingerprint density at radius 3 is 1.81 bits per heavy atom. The van der Waals surface area contributed by atoms with E-state index in [0.717, 1.165) is 55.7 Å². The van der Waals surface area contributed by atoms with Crippen LogP contribution in [0, 0.1) is 6.85 Å². The molecule has 0 atom stereocenters. The third-order valence-corrected chi connectivity index (χ3v) is 11.9. The van der Waals surface area contributed by atoms with Crippen LogP contribution in [-0.4, -0.2) is 14.7 Å². The lowest BCUT2D eigenvalue weighted by Gasteiger charge is -2.28. The van der Waals surface area contributed by atoms with Crippen LogP contribution in [0.25, 0.3) is 72.6 Å². The first-order valence-corrected chi connectivity index (χ1v) is 21.7. The van der Waals surface area contributed by atoms with Crippen LogP contribution >= 0.6 is 0 Å². The summed E-state index contributed by atoms with van der Waals surface area (Å²) >= 11 is 0. The summed E-state index contributed by atoms with van der Waals surface area (Å²) in [5.74, 6) is 0.678. The maximum absolute atomic E-state index is 12.6. The number of nitrogens with zero attached hydrogens (tertiary/aromatic N) is 2. The molecular weight excluding hydrogens is 765 g/mol. The Morgan fingerprint density at radius 1 is 0.508 bits per heavy atom. The van der Waals surface area contributed by atoms with Crippen molar-refractivity contribution in [3.8, 4) is 67.3 Å². The average Bonchev–Trinajstić information content (AvgIpc) is 3.68. The summed E-state index contributed by atoms with van der Waals surface area (Å²) in [7, 11) is 0. The van der Waals surface area contributed by atoms with Crippen molar-refractivity contribution in [2.75, 3.05) is 0 Å². The van der Waals surface area contributed by atoms with Crippen molar-refractivity contribution in [2.24, 2.45) is 0 Å². The fraction of sp³-hybridized carbons (Fsp3) is 0.283. The predicted octanol–water partition coefficient (Wildman–Crippen LogP) is 16.6. The summed E-state index contributed by atoms with van der Waals surface area (Å²) < 4.78 is 88.8. The molecule has 0 aliphatic heterocycles. The van der Waals surface area contributed by atoms with Gasteiger partial charge >= 0.3 is 0 Å². The number of phenols is 1. The smallest absolute Gasteiger partial charge is 0.149 e. The van der Waals surface area contributed by atoms with Crippen LogP contribution in [-0.2, 0) is 21.7 Å². The van der Waals surface area contributed by atoms with E-state index >= 15 is 0 Å². The topological polar surface area (TPSA) is 38.1 Å². The van der Waals surface area contributed by atoms with E-state index in [9.17, 15) is 6.48 Å². The van der Waals surface area contributed by atoms with Gasteiger partial charge in [0.15, 0.2) is 0 Å². The van der Waals surface area contributed by atoms with Crippen LogP contribution in [0.5, 0.6) is 5.75 Å². The fourth-order valence-electron chi connectivity index (χ4n) is 8.08. The van der Waals surface area contributed by atoms with E-state index in [-0.39, 0.29) is 39.8 Å². The van der Waals surface area contributed by atoms with Crippen LogP contribution in [0.2, 0.25) is 0 Å². The molecule has 0 saturated carbocycles. The first-order chi connectivity index (χ1) is 33.7. The number of imidazole rings is 1. The fourth-order valence-corrected chi connectivity index (χ4v) is 8.08. The number of phenolic OH excluding ortho intramolecular Hbond substituents is 1. The Balaban J connectivity index is 1.48. The molecule has 0 unspecified atom stereocenters. The van der Waals surface area contributed by atoms with Gasteiger partial charge in [-0.25, -0.2) is 4.98 Å². The van der Waals surface area contributed by atoms with Crippen LogP contribution in [0.3, 0.4) is 0 Å². The maximum Gasteiger partial charge on any atom is 0.149 e. The number of para-hydroxylation sites is 1. The van der Waals surface area contributed by atoms with Gasteiger partial charge in [-0.05, 0) is 115 Å². The number of rotatable bonds is 6. The minimum atomic E-state index is -2.95. The number of aromatic hydroxyl groups is 1. The van der Waals surface area contributed by atoms with Crippen molar-refractivity contribution >= 4 is 11.0 Å². The third kappa shape index (κ3) is 8.63. The Labute approximate surface area is 390 Å². The van der Waals surface area contributed by atoms with Gasteiger partial charge in [-0.3, -0.25) is 4.57 Å². The average molecular weight is 839 g/mol. The SMILES string of the molecule is [2H]c1cc(-c2cc(-c3cccc4c3nc(-c3cc(C(C)(C)C)cc(C(C)(C)C)c3O)n4-c3ccc(C(C)(C)C)cc3-c3ccccc3)cc(C(C)(C)C)c2)c([2H])c(-c2c([2H])c([2H])c(C([2H])([2H])[2H])c([2H])c2[2H])c1[2H]. The number of hydrogen-bond acceptors (Lipinski definition) is 2. The molecule has 8 rings (SSSR count). The summed E-state index contributed by atoms with van der Waals surface area (Å²) in [6.45, 7) is 22.6. The van der Waals surface area contributed by atoms with E-state index in [4.69, 9.17) is 17.3 Å². The van der Waals surface area contributed by atoms with Gasteiger partial charge in [-0.15, -0.1) is 0 Å². The van der Waals surface area contributed by atoms with Gasteiger partial charge in [0.05, 0.1) is 31.9 Å². The highest BCUT2D eigenvalue weighted by Gasteiger charge is 2.30. The minimum absolute atomic E-state index is 0.140. The Bertz CT molecular complexity index is 3480. The Kier molecular flexibility index (Phi) is 8.18. The summed E-state index contributed by atoms with van der Waals surface area (Å²) in [4.78, 5) is 5.59. The summed E-state index contributed by atoms with van der Waals surface area (Å²) in [5, 5.41) is 12.6. The van der Waals surface area contributed by atoms with E-state index < -0.39 is 59.0 Å². The molecule has 7 aromatic carbocycles. The number of aromatic nitrogens is 2. The zero-order valence-electron chi connectivity index (χ0n) is 48.7. The first kappa shape index (κ1) is 32.5. The Hall–Kier alpha value is -6.19. The van der Waals surface area contributed by atoms with Crippen molar-refractivity contribution in [2.45, 2.75) is 112 Å². The van der Waals surface area contributed by atoms with Crippen LogP contribution < -0.4 is 0 Å². The van der Waals surface area contributed by atoms with Crippen LogP contribution in [0.4, 0.5) is 0 Å². The monoisotopic (exact) mass is 839 g/mol. The molecule has 3 nitrogen and oxygen atoms in total. The maximum atomic E-state index is 12.6. The molecule has 1 heterocycles. The third-order valence-electron chi connectivity index (χ3n) is 11.9. The van der Waals surface area contributed by atoms with Gasteiger partial charge in [0.25, 0.3) is 0 Å². The van der Waals surface area contributed by atoms with E-state index in [2.05, 4.69) is 136 Å². The molecule has 0 bridgehead atoms. The van der Waals surface area contributed by atoms with E-state index in [0.29, 0.717) is 22.5 Å². The highest BCUT2D eigenvalue weighted by Crippen LogP contribution is 2.46. The van der Waals surface area contributed by atoms with E-state index in [1.54, 1.807) is 0 Å². The standard InChI is InChI=1S/C60H64N2O/c1-38-25-27-39(28-26-38)41-21-17-22-42(31-41)43-32-44(34-46(33-43)58(5,6)7)48-23-18-24-53-54(48)61-56(50-36-47(59(8,9)10)37-51(55(50)63)60(11,12)13)62(53)52-30-29-45(57(2,3)4)35-49(52)40-19-15-14-16-20-40/h14-37,63H,1-13H3/i1D3,17D,21D,25D,26D,27D,28D,31D. The highest BCUT2D eigenvalue weighted by atomic mass is 16.3. The number of benzene rings is 7. The summed E-state index contributed by atoms with van der Waals surface area (Å²) in [6.07, 6.45) is 0. The second-order valence-electron chi connectivity index (χ2n) is 20.8. The van der Waals surface area contributed by atoms with Gasteiger partial charge in [-0.2, -0.15) is 0 Å². The molecule has 0 aliphatic rings. The van der Waals surface area contributed by atoms with Crippen LogP contribution in [0.1, 0.15) is 125 Å². The van der Waals surface area contributed by atoms with Gasteiger partial charge in [0.1, 0.15) is 11.6 Å². The normalized spacial score (nSPS) is 15.0. The first-order valence-electron chi connectivity index (χ1n) is 26.7. The summed E-state index contributed by atoms with van der Waals surface area (Å²) in [5.41, 5.74) is 8.08. The Morgan fingerprint density at radius 2 is 1.16 bits per heavy atom. The molecule has 320 valence electrons. The molecule has 1 N–H and O–H groups in total. The second-order valence-corrected chi connectivity index (χ2v) is 20.8. The molecule has 0 fully saturated rings. The second kappa shape index (κ2) is 15.9. The zero-order chi connectivity index (χ0) is 53.8. The van der Waals surface area contributed by atoms with Crippen molar-refractivity contribution in [1.82, 2.24) is 9.55 Å². The predicted molar refractivity (Wildman–Crippen MR) is 269 cm³/mol. The largest absolute Gasteiger partial charge is 0.507 e. The zero-order valence-corrected chi connectivity index (χ0v) is 38.7. The van der Waals surface area contributed by atoms with Crippen molar-refractivity contribution in [1.29, 1.82) is 0 Å². The van der Waals surface area contributed by atoms with E-state index in [1.165, 1.54) is 6.07 Å². The lowest BCUT2D eigenvalue weighted by molar-refractivity contribution is 0.446. The molecule has 0 radical (unpaired) electrons. The van der Waals surface area contributed by atoms with Crippen molar-refractivity contribution < 1.29 is 18.8 Å². The molecule has 3 heteroatoms. The lowest BCUT2D eigenvalue weighted by atomic mass is 9.79. The van der Waals surface area contributed by atoms with Gasteiger partial charge in [0, 0.05) is 20.8 Å². The molecule has 0 aliphatic carbocycles. The molecule has 0 spiro atoms. The molecular formula is C60H64N2O. The van der Waals surface area contributed by atoms with Crippen molar-refractivity contribution in [3.63, 3.8) is 0 Å². The molecule has 8 aromatic rings. The number of hydrogen-bond donors (Lipinski definition) is 1. The molecule has 1 aromatic heterocycles.